The van der Waals surface area contributed by atoms with Crippen molar-refractivity contribution in [1.82, 2.24) is 0 Å². The van der Waals surface area contributed by atoms with Crippen molar-refractivity contribution >= 4 is 5.97 Å². The lowest BCUT2D eigenvalue weighted by Gasteiger charge is -2.69. The van der Waals surface area contributed by atoms with Crippen LogP contribution in [0, 0.1) is 51.2 Å². The molecule has 0 heterocycles. The number of carbonyl (C=O) groups is 1. The lowest BCUT2D eigenvalue weighted by molar-refractivity contribution is -0.217. The first-order chi connectivity index (χ1) is 15.3. The standard InChI is InChI=1S/C30H50O3/c1-19(2)9-8-15-30(26(32)33)18-12-22-21(20(30)3)10-11-24-28(22,6)16-13-23-27(4,5)25(31)14-17-29(23,24)7/h20-25,31H,1,8-18H2,2-7H3,(H,32,33). The average molecular weight is 459 g/mol. The molecule has 2 N–H and O–H groups in total. The molecule has 3 nitrogen and oxygen atoms in total. The SMILES string of the molecule is C=C(C)CCCC1(C(=O)O)CCC2C(CCC3C2(C)CCC2C(C)(C)C(O)CCC23C)C1C. The van der Waals surface area contributed by atoms with Crippen LogP contribution in [0.4, 0.5) is 0 Å². The molecule has 9 atom stereocenters. The van der Waals surface area contributed by atoms with E-state index < -0.39 is 11.4 Å². The second kappa shape index (κ2) is 8.38. The van der Waals surface area contributed by atoms with Crippen molar-refractivity contribution in [2.24, 2.45) is 51.2 Å². The summed E-state index contributed by atoms with van der Waals surface area (Å²) in [4.78, 5) is 12.7. The van der Waals surface area contributed by atoms with Gasteiger partial charge in [-0.25, -0.2) is 0 Å². The molecule has 0 saturated heterocycles. The molecule has 9 unspecified atom stereocenters. The van der Waals surface area contributed by atoms with Crippen LogP contribution < -0.4 is 0 Å². The zero-order valence-corrected chi connectivity index (χ0v) is 22.3. The van der Waals surface area contributed by atoms with Crippen LogP contribution in [0.2, 0.25) is 0 Å². The highest BCUT2D eigenvalue weighted by Gasteiger charge is 2.65. The first-order valence-corrected chi connectivity index (χ1v) is 13.9. The fourth-order valence-electron chi connectivity index (χ4n) is 10.4. The molecule has 0 radical (unpaired) electrons. The molecule has 0 aromatic heterocycles. The number of hydrogen-bond acceptors (Lipinski definition) is 2. The van der Waals surface area contributed by atoms with Gasteiger partial charge in [-0.3, -0.25) is 4.79 Å². The molecule has 0 bridgehead atoms. The molecule has 4 saturated carbocycles. The van der Waals surface area contributed by atoms with Crippen LogP contribution in [0.25, 0.3) is 0 Å². The summed E-state index contributed by atoms with van der Waals surface area (Å²) < 4.78 is 0. The third-order valence-electron chi connectivity index (χ3n) is 12.3. The molecule has 0 spiro atoms. The molecule has 0 aromatic rings. The number of carboxylic acid groups (broad SMARTS) is 1. The van der Waals surface area contributed by atoms with Gasteiger partial charge in [0.1, 0.15) is 0 Å². The van der Waals surface area contributed by atoms with Crippen LogP contribution in [0.3, 0.4) is 0 Å². The topological polar surface area (TPSA) is 57.5 Å². The second-order valence-corrected chi connectivity index (χ2v) is 14.0. The fourth-order valence-corrected chi connectivity index (χ4v) is 10.4. The van der Waals surface area contributed by atoms with E-state index in [4.69, 9.17) is 0 Å². The van der Waals surface area contributed by atoms with Gasteiger partial charge >= 0.3 is 5.97 Å². The molecule has 33 heavy (non-hydrogen) atoms. The Morgan fingerprint density at radius 3 is 2.24 bits per heavy atom. The minimum absolute atomic E-state index is 0.00716. The predicted molar refractivity (Wildman–Crippen MR) is 135 cm³/mol. The molecule has 3 heteroatoms. The number of aliphatic hydroxyl groups excluding tert-OH is 1. The zero-order valence-electron chi connectivity index (χ0n) is 22.3. The Balaban J connectivity index is 1.60. The Kier molecular flexibility index (Phi) is 6.42. The summed E-state index contributed by atoms with van der Waals surface area (Å²) in [6.07, 6.45) is 11.4. The summed E-state index contributed by atoms with van der Waals surface area (Å²) in [7, 11) is 0. The van der Waals surface area contributed by atoms with E-state index in [1.165, 1.54) is 25.7 Å². The second-order valence-electron chi connectivity index (χ2n) is 14.0. The summed E-state index contributed by atoms with van der Waals surface area (Å²) in [5, 5.41) is 21.3. The molecule has 188 valence electrons. The highest BCUT2D eigenvalue weighted by Crippen LogP contribution is 2.72. The van der Waals surface area contributed by atoms with E-state index in [2.05, 4.69) is 48.1 Å². The number of hydrogen-bond donors (Lipinski definition) is 2. The van der Waals surface area contributed by atoms with E-state index >= 15 is 0 Å². The lowest BCUT2D eigenvalue weighted by atomic mass is 9.36. The van der Waals surface area contributed by atoms with Gasteiger partial charge in [0.05, 0.1) is 11.5 Å². The highest BCUT2D eigenvalue weighted by atomic mass is 16.4. The molecule has 4 fully saturated rings. The smallest absolute Gasteiger partial charge is 0.309 e. The molecule has 0 amide bonds. The first kappa shape index (κ1) is 25.3. The van der Waals surface area contributed by atoms with E-state index in [9.17, 15) is 15.0 Å². The number of aliphatic carboxylic acids is 1. The van der Waals surface area contributed by atoms with E-state index in [0.717, 1.165) is 50.5 Å². The van der Waals surface area contributed by atoms with Crippen molar-refractivity contribution in [2.45, 2.75) is 118 Å². The minimum atomic E-state index is -0.558. The number of aliphatic hydroxyl groups is 1. The molecular formula is C30H50O3. The van der Waals surface area contributed by atoms with E-state index in [0.29, 0.717) is 34.5 Å². The Morgan fingerprint density at radius 1 is 0.939 bits per heavy atom. The van der Waals surface area contributed by atoms with Crippen molar-refractivity contribution in [1.29, 1.82) is 0 Å². The normalized spacial score (nSPS) is 48.8. The minimum Gasteiger partial charge on any atom is -0.481 e. The molecule has 0 aliphatic heterocycles. The third kappa shape index (κ3) is 3.66. The van der Waals surface area contributed by atoms with Crippen LogP contribution >= 0.6 is 0 Å². The molecule has 4 aliphatic rings. The van der Waals surface area contributed by atoms with Crippen LogP contribution in [0.1, 0.15) is 112 Å². The maximum atomic E-state index is 12.7. The van der Waals surface area contributed by atoms with Gasteiger partial charge < -0.3 is 10.2 Å². The predicted octanol–water partition coefficient (Wildman–Crippen LogP) is 7.48. The van der Waals surface area contributed by atoms with Crippen molar-refractivity contribution < 1.29 is 15.0 Å². The lowest BCUT2D eigenvalue weighted by Crippen LogP contribution is -2.63. The number of carboxylic acids is 1. The molecular weight excluding hydrogens is 408 g/mol. The van der Waals surface area contributed by atoms with E-state index in [1.807, 2.05) is 0 Å². The Bertz CT molecular complexity index is 785. The van der Waals surface area contributed by atoms with Gasteiger partial charge in [-0.05, 0) is 123 Å². The summed E-state index contributed by atoms with van der Waals surface area (Å²) in [6, 6.07) is 0. The van der Waals surface area contributed by atoms with Crippen LogP contribution in [0.5, 0.6) is 0 Å². The average Bonchev–Trinajstić information content (AvgIpc) is 2.72. The van der Waals surface area contributed by atoms with Crippen LogP contribution in [0.15, 0.2) is 12.2 Å². The van der Waals surface area contributed by atoms with Crippen molar-refractivity contribution in [2.75, 3.05) is 0 Å². The number of rotatable bonds is 5. The van der Waals surface area contributed by atoms with Gasteiger partial charge in [0.15, 0.2) is 0 Å². The Hall–Kier alpha value is -0.830. The van der Waals surface area contributed by atoms with Gasteiger partial charge in [-0.15, -0.1) is 6.58 Å². The Labute approximate surface area is 202 Å². The van der Waals surface area contributed by atoms with Crippen molar-refractivity contribution in [3.8, 4) is 0 Å². The van der Waals surface area contributed by atoms with Gasteiger partial charge in [0.2, 0.25) is 0 Å². The Morgan fingerprint density at radius 2 is 1.61 bits per heavy atom. The maximum absolute atomic E-state index is 12.7. The van der Waals surface area contributed by atoms with Gasteiger partial charge in [0, 0.05) is 0 Å². The molecule has 0 aromatic carbocycles. The molecule has 4 rings (SSSR count). The highest BCUT2D eigenvalue weighted by molar-refractivity contribution is 5.75. The summed E-state index contributed by atoms with van der Waals surface area (Å²) >= 11 is 0. The zero-order chi connectivity index (χ0) is 24.4. The summed E-state index contributed by atoms with van der Waals surface area (Å²) in [5.41, 5.74) is 1.20. The van der Waals surface area contributed by atoms with Crippen molar-refractivity contribution in [3.05, 3.63) is 12.2 Å². The summed E-state index contributed by atoms with van der Waals surface area (Å²) in [6.45, 7) is 18.1. The fraction of sp³-hybridized carbons (Fsp3) is 0.900. The van der Waals surface area contributed by atoms with Gasteiger partial charge in [-0.2, -0.15) is 0 Å². The van der Waals surface area contributed by atoms with Gasteiger partial charge in [0.25, 0.3) is 0 Å². The van der Waals surface area contributed by atoms with Crippen LogP contribution in [-0.4, -0.2) is 22.3 Å². The largest absolute Gasteiger partial charge is 0.481 e. The summed E-state index contributed by atoms with van der Waals surface area (Å²) in [5.74, 6) is 2.15. The van der Waals surface area contributed by atoms with Crippen molar-refractivity contribution in [3.63, 3.8) is 0 Å². The maximum Gasteiger partial charge on any atom is 0.309 e. The molecule has 4 aliphatic carbocycles. The number of fused-ring (bicyclic) bond motifs is 5. The van der Waals surface area contributed by atoms with E-state index in [-0.39, 0.29) is 17.4 Å². The number of allylic oxidation sites excluding steroid dienone is 1. The first-order valence-electron chi connectivity index (χ1n) is 13.9. The van der Waals surface area contributed by atoms with E-state index in [1.54, 1.807) is 0 Å². The third-order valence-corrected chi connectivity index (χ3v) is 12.3. The van der Waals surface area contributed by atoms with Gasteiger partial charge in [-0.1, -0.05) is 40.2 Å². The quantitative estimate of drug-likeness (QED) is 0.420. The monoisotopic (exact) mass is 458 g/mol. The van der Waals surface area contributed by atoms with Crippen LogP contribution in [-0.2, 0) is 4.79 Å².